The fourth-order valence-electron chi connectivity index (χ4n) is 2.74. The number of halogens is 1. The molecule has 6 nitrogen and oxygen atoms in total. The van der Waals surface area contributed by atoms with E-state index in [0.29, 0.717) is 12.4 Å². The number of nitrogens with zero attached hydrogens (tertiary/aromatic N) is 2. The molecule has 2 heterocycles. The maximum absolute atomic E-state index is 13.0. The van der Waals surface area contributed by atoms with Gasteiger partial charge in [-0.1, -0.05) is 19.1 Å². The summed E-state index contributed by atoms with van der Waals surface area (Å²) in [5.41, 5.74) is 2.61. The number of hydrogen-bond acceptors (Lipinski definition) is 4. The molecule has 26 heavy (non-hydrogen) atoms. The number of nitrogens with one attached hydrogen (secondary N) is 2. The highest BCUT2D eigenvalue weighted by molar-refractivity contribution is 7.98. The molecule has 0 radical (unpaired) electrons. The van der Waals surface area contributed by atoms with Crippen LogP contribution in [-0.2, 0) is 34.1 Å². The number of aromatic nitrogens is 2. The van der Waals surface area contributed by atoms with E-state index in [1.165, 1.54) is 12.1 Å². The van der Waals surface area contributed by atoms with E-state index in [1.807, 2.05) is 6.92 Å². The fraction of sp³-hybridized carbons (Fsp3) is 0.389. The van der Waals surface area contributed by atoms with Gasteiger partial charge in [-0.3, -0.25) is 9.59 Å². The van der Waals surface area contributed by atoms with Gasteiger partial charge in [0.05, 0.1) is 12.1 Å². The number of fused-ring (bicyclic) bond motifs is 1. The average molecular weight is 376 g/mol. The van der Waals surface area contributed by atoms with E-state index < -0.39 is 0 Å². The Labute approximate surface area is 155 Å². The van der Waals surface area contributed by atoms with E-state index in [-0.39, 0.29) is 30.6 Å². The van der Waals surface area contributed by atoms with E-state index in [1.54, 1.807) is 28.6 Å². The summed E-state index contributed by atoms with van der Waals surface area (Å²) in [5, 5.41) is 10.2. The van der Waals surface area contributed by atoms with Crippen LogP contribution in [-0.4, -0.2) is 28.1 Å². The van der Waals surface area contributed by atoms with Gasteiger partial charge >= 0.3 is 0 Å². The molecule has 2 N–H and O–H groups in total. The summed E-state index contributed by atoms with van der Waals surface area (Å²) in [6.45, 7) is 2.67. The monoisotopic (exact) mass is 376 g/mol. The maximum atomic E-state index is 13.0. The summed E-state index contributed by atoms with van der Waals surface area (Å²) in [7, 11) is 0. The molecule has 2 amide bonds. The first-order valence-electron chi connectivity index (χ1n) is 8.54. The molecule has 1 aromatic heterocycles. The third-order valence-corrected chi connectivity index (χ3v) is 4.99. The second kappa shape index (κ2) is 8.35. The molecule has 1 aliphatic heterocycles. The molecule has 138 valence electrons. The smallest absolute Gasteiger partial charge is 0.241 e. The van der Waals surface area contributed by atoms with E-state index in [0.717, 1.165) is 34.7 Å². The number of benzene rings is 1. The minimum absolute atomic E-state index is 0.0732. The van der Waals surface area contributed by atoms with Crippen molar-refractivity contribution in [1.29, 1.82) is 0 Å². The molecule has 0 atom stereocenters. The number of amides is 2. The molecule has 0 fully saturated rings. The summed E-state index contributed by atoms with van der Waals surface area (Å²) in [6, 6.07) is 5.84. The van der Waals surface area contributed by atoms with Crippen molar-refractivity contribution in [2.45, 2.75) is 37.8 Å². The summed E-state index contributed by atoms with van der Waals surface area (Å²) in [4.78, 5) is 24.5. The lowest BCUT2D eigenvalue weighted by Gasteiger charge is -2.11. The average Bonchev–Trinajstić information content (AvgIpc) is 3.18. The predicted octanol–water partition coefficient (Wildman–Crippen LogP) is 2.48. The topological polar surface area (TPSA) is 76.0 Å². The predicted molar refractivity (Wildman–Crippen MR) is 99.3 cm³/mol. The van der Waals surface area contributed by atoms with Gasteiger partial charge in [-0.05, 0) is 24.1 Å². The number of anilines is 1. The standard InChI is InChI=1S/C18H21FN4O2S/c1-2-7-20-17(25)9-23-18(14-10-26-11-15(14)22-23)21-16(24)8-12-3-5-13(19)6-4-12/h3-6H,2,7-11H2,1H3,(H,20,25)(H,21,24). The van der Waals surface area contributed by atoms with Crippen LogP contribution in [0.2, 0.25) is 0 Å². The summed E-state index contributed by atoms with van der Waals surface area (Å²) < 4.78 is 14.6. The molecular formula is C18H21FN4O2S. The Morgan fingerprint density at radius 3 is 2.73 bits per heavy atom. The van der Waals surface area contributed by atoms with Gasteiger partial charge in [0.2, 0.25) is 11.8 Å². The van der Waals surface area contributed by atoms with E-state index in [4.69, 9.17) is 0 Å². The van der Waals surface area contributed by atoms with E-state index in [9.17, 15) is 14.0 Å². The van der Waals surface area contributed by atoms with Crippen molar-refractivity contribution >= 4 is 29.4 Å². The number of thioether (sulfide) groups is 1. The first-order valence-corrected chi connectivity index (χ1v) is 9.69. The molecule has 2 aromatic rings. The lowest BCUT2D eigenvalue weighted by molar-refractivity contribution is -0.122. The van der Waals surface area contributed by atoms with E-state index >= 15 is 0 Å². The second-order valence-corrected chi connectivity index (χ2v) is 7.11. The van der Waals surface area contributed by atoms with Gasteiger partial charge in [-0.15, -0.1) is 0 Å². The van der Waals surface area contributed by atoms with Gasteiger partial charge in [0.15, 0.2) is 0 Å². The third kappa shape index (κ3) is 4.43. The number of rotatable bonds is 7. The van der Waals surface area contributed by atoms with Gasteiger partial charge in [0.25, 0.3) is 0 Å². The normalized spacial score (nSPS) is 12.7. The molecule has 1 aromatic carbocycles. The van der Waals surface area contributed by atoms with Gasteiger partial charge in [0.1, 0.15) is 18.2 Å². The molecule has 0 aliphatic carbocycles. The Kier molecular flexibility index (Phi) is 5.92. The third-order valence-electron chi connectivity index (χ3n) is 4.02. The molecule has 0 saturated heterocycles. The largest absolute Gasteiger partial charge is 0.355 e. The lowest BCUT2D eigenvalue weighted by Crippen LogP contribution is -2.29. The quantitative estimate of drug-likeness (QED) is 0.778. The summed E-state index contributed by atoms with van der Waals surface area (Å²) in [5.74, 6) is 1.45. The molecular weight excluding hydrogens is 355 g/mol. The van der Waals surface area contributed by atoms with Crippen LogP contribution in [0.1, 0.15) is 30.2 Å². The lowest BCUT2D eigenvalue weighted by atomic mass is 10.1. The van der Waals surface area contributed by atoms with Gasteiger partial charge in [0, 0.05) is 23.6 Å². The van der Waals surface area contributed by atoms with Crippen LogP contribution in [0.25, 0.3) is 0 Å². The highest BCUT2D eigenvalue weighted by Crippen LogP contribution is 2.34. The Morgan fingerprint density at radius 1 is 1.23 bits per heavy atom. The van der Waals surface area contributed by atoms with Crippen molar-refractivity contribution in [2.75, 3.05) is 11.9 Å². The number of carbonyl (C=O) groups is 2. The zero-order valence-electron chi connectivity index (χ0n) is 14.5. The Morgan fingerprint density at radius 2 is 2.00 bits per heavy atom. The Hall–Kier alpha value is -2.35. The van der Waals surface area contributed by atoms with Crippen molar-refractivity contribution in [3.8, 4) is 0 Å². The molecule has 0 spiro atoms. The minimum atomic E-state index is -0.333. The summed E-state index contributed by atoms with van der Waals surface area (Å²) >= 11 is 1.73. The molecule has 8 heteroatoms. The van der Waals surface area contributed by atoms with Gasteiger partial charge in [-0.2, -0.15) is 16.9 Å². The zero-order valence-corrected chi connectivity index (χ0v) is 15.4. The van der Waals surface area contributed by atoms with Crippen LogP contribution < -0.4 is 10.6 Å². The highest BCUT2D eigenvalue weighted by Gasteiger charge is 2.24. The SMILES string of the molecule is CCCNC(=O)Cn1nc2c(c1NC(=O)Cc1ccc(F)cc1)CSC2. The zero-order chi connectivity index (χ0) is 18.5. The highest BCUT2D eigenvalue weighted by atomic mass is 32.2. The number of carbonyl (C=O) groups excluding carboxylic acids is 2. The van der Waals surface area contributed by atoms with Crippen LogP contribution in [0.5, 0.6) is 0 Å². The van der Waals surface area contributed by atoms with Crippen LogP contribution >= 0.6 is 11.8 Å². The van der Waals surface area contributed by atoms with Crippen molar-refractivity contribution < 1.29 is 14.0 Å². The first-order chi connectivity index (χ1) is 12.6. The molecule has 0 unspecified atom stereocenters. The van der Waals surface area contributed by atoms with Crippen molar-refractivity contribution in [1.82, 2.24) is 15.1 Å². The molecule has 3 rings (SSSR count). The van der Waals surface area contributed by atoms with Crippen LogP contribution in [0, 0.1) is 5.82 Å². The van der Waals surface area contributed by atoms with Crippen LogP contribution in [0.3, 0.4) is 0 Å². The van der Waals surface area contributed by atoms with Gasteiger partial charge in [-0.25, -0.2) is 9.07 Å². The van der Waals surface area contributed by atoms with Crippen LogP contribution in [0.4, 0.5) is 10.2 Å². The molecule has 1 aliphatic rings. The fourth-order valence-corrected chi connectivity index (χ4v) is 3.78. The molecule has 0 bridgehead atoms. The maximum Gasteiger partial charge on any atom is 0.241 e. The van der Waals surface area contributed by atoms with Gasteiger partial charge < -0.3 is 10.6 Å². The Bertz CT molecular complexity index is 804. The minimum Gasteiger partial charge on any atom is -0.355 e. The molecule has 0 saturated carbocycles. The first kappa shape index (κ1) is 18.4. The van der Waals surface area contributed by atoms with Crippen LogP contribution in [0.15, 0.2) is 24.3 Å². The number of hydrogen-bond donors (Lipinski definition) is 2. The second-order valence-electron chi connectivity index (χ2n) is 6.13. The van der Waals surface area contributed by atoms with E-state index in [2.05, 4.69) is 15.7 Å². The Balaban J connectivity index is 1.72. The summed E-state index contributed by atoms with van der Waals surface area (Å²) in [6.07, 6.45) is 0.995. The van der Waals surface area contributed by atoms with Crippen molar-refractivity contribution in [3.05, 3.63) is 46.9 Å². The van der Waals surface area contributed by atoms with Crippen molar-refractivity contribution in [3.63, 3.8) is 0 Å². The van der Waals surface area contributed by atoms with Crippen molar-refractivity contribution in [2.24, 2.45) is 0 Å².